The summed E-state index contributed by atoms with van der Waals surface area (Å²) in [6.45, 7) is 11.1. The number of aliphatic hydroxyl groups is 1. The summed E-state index contributed by atoms with van der Waals surface area (Å²) >= 11 is 0. The number of nitrogens with zero attached hydrogens (tertiary/aromatic N) is 2. The van der Waals surface area contributed by atoms with Crippen LogP contribution >= 0.6 is 0 Å². The van der Waals surface area contributed by atoms with Crippen molar-refractivity contribution in [3.63, 3.8) is 0 Å². The summed E-state index contributed by atoms with van der Waals surface area (Å²) < 4.78 is 0. The molecule has 0 amide bonds. The van der Waals surface area contributed by atoms with Gasteiger partial charge in [-0.2, -0.15) is 0 Å². The van der Waals surface area contributed by atoms with E-state index in [1.54, 1.807) is 0 Å². The van der Waals surface area contributed by atoms with Crippen LogP contribution in [0.15, 0.2) is 37.4 Å². The van der Waals surface area contributed by atoms with Crippen LogP contribution in [0.5, 0.6) is 0 Å². The Kier molecular flexibility index (Phi) is 6.15. The van der Waals surface area contributed by atoms with Gasteiger partial charge in [0, 0.05) is 18.8 Å². The smallest absolute Gasteiger partial charge is 0.129 e. The van der Waals surface area contributed by atoms with Crippen LogP contribution in [0, 0.1) is 0 Å². The quantitative estimate of drug-likeness (QED) is 0.716. The van der Waals surface area contributed by atoms with E-state index in [1.165, 1.54) is 0 Å². The van der Waals surface area contributed by atoms with Gasteiger partial charge in [-0.15, -0.1) is 13.2 Å². The Balaban J connectivity index is 3.06. The molecule has 1 N–H and O–H groups in total. The Morgan fingerprint density at radius 2 is 1.94 bits per heavy atom. The Hall–Kier alpha value is -1.61. The van der Waals surface area contributed by atoms with E-state index in [0.717, 1.165) is 43.0 Å². The molecule has 0 aliphatic carbocycles. The third-order valence-corrected chi connectivity index (χ3v) is 2.64. The maximum absolute atomic E-state index is 9.31. The molecule has 0 spiro atoms. The molecular weight excluding hydrogens is 224 g/mol. The predicted octanol–water partition coefficient (Wildman–Crippen LogP) is 2.70. The molecule has 1 aromatic rings. The third kappa shape index (κ3) is 4.00. The van der Waals surface area contributed by atoms with Crippen LogP contribution < -0.4 is 4.90 Å². The summed E-state index contributed by atoms with van der Waals surface area (Å²) in [6, 6.07) is 3.89. The largest absolute Gasteiger partial charge is 0.392 e. The van der Waals surface area contributed by atoms with Crippen LogP contribution in [0.25, 0.3) is 0 Å². The van der Waals surface area contributed by atoms with Crippen molar-refractivity contribution in [2.75, 3.05) is 18.0 Å². The summed E-state index contributed by atoms with van der Waals surface area (Å²) in [5, 5.41) is 9.31. The highest BCUT2D eigenvalue weighted by atomic mass is 16.3. The second-order valence-electron chi connectivity index (χ2n) is 4.22. The van der Waals surface area contributed by atoms with Gasteiger partial charge in [-0.25, -0.2) is 4.98 Å². The minimum absolute atomic E-state index is 0.0439. The first-order chi connectivity index (χ1) is 8.74. The number of rotatable bonds is 8. The van der Waals surface area contributed by atoms with Crippen molar-refractivity contribution in [1.82, 2.24) is 4.98 Å². The standard InChI is InChI=1S/C15H22N2O/c1-4-7-14-10-13(12-18)11-15(16-14)17(8-5-2)9-6-3/h5-6,10-11,18H,2-4,7-9,12H2,1H3. The van der Waals surface area contributed by atoms with Crippen molar-refractivity contribution in [3.8, 4) is 0 Å². The van der Waals surface area contributed by atoms with Crippen LogP contribution in [0.3, 0.4) is 0 Å². The molecule has 1 heterocycles. The van der Waals surface area contributed by atoms with Gasteiger partial charge in [0.2, 0.25) is 0 Å². The van der Waals surface area contributed by atoms with Crippen LogP contribution in [-0.2, 0) is 13.0 Å². The Labute approximate surface area is 109 Å². The molecule has 0 bridgehead atoms. The maximum atomic E-state index is 9.31. The highest BCUT2D eigenvalue weighted by Crippen LogP contribution is 2.16. The van der Waals surface area contributed by atoms with Gasteiger partial charge < -0.3 is 10.0 Å². The minimum Gasteiger partial charge on any atom is -0.392 e. The number of pyridine rings is 1. The average Bonchev–Trinajstić information content (AvgIpc) is 2.38. The van der Waals surface area contributed by atoms with Crippen molar-refractivity contribution < 1.29 is 5.11 Å². The van der Waals surface area contributed by atoms with E-state index < -0.39 is 0 Å². The Morgan fingerprint density at radius 1 is 1.28 bits per heavy atom. The van der Waals surface area contributed by atoms with Gasteiger partial charge in [0.25, 0.3) is 0 Å². The lowest BCUT2D eigenvalue weighted by Gasteiger charge is -2.21. The fraction of sp³-hybridized carbons (Fsp3) is 0.400. The van der Waals surface area contributed by atoms with E-state index >= 15 is 0 Å². The molecule has 0 radical (unpaired) electrons. The number of aryl methyl sites for hydroxylation is 1. The van der Waals surface area contributed by atoms with Crippen LogP contribution in [0.1, 0.15) is 24.6 Å². The SMILES string of the molecule is C=CCN(CC=C)c1cc(CO)cc(CCC)n1. The zero-order valence-electron chi connectivity index (χ0n) is 11.1. The summed E-state index contributed by atoms with van der Waals surface area (Å²) in [6.07, 6.45) is 5.66. The molecule has 0 aromatic carbocycles. The second-order valence-corrected chi connectivity index (χ2v) is 4.22. The molecule has 0 saturated carbocycles. The molecule has 0 fully saturated rings. The van der Waals surface area contributed by atoms with Crippen molar-refractivity contribution in [3.05, 3.63) is 48.7 Å². The molecule has 3 heteroatoms. The van der Waals surface area contributed by atoms with Gasteiger partial charge >= 0.3 is 0 Å². The monoisotopic (exact) mass is 246 g/mol. The van der Waals surface area contributed by atoms with E-state index in [4.69, 9.17) is 0 Å². The van der Waals surface area contributed by atoms with E-state index in [9.17, 15) is 5.11 Å². The summed E-state index contributed by atoms with van der Waals surface area (Å²) in [7, 11) is 0. The highest BCUT2D eigenvalue weighted by molar-refractivity contribution is 5.44. The zero-order valence-corrected chi connectivity index (χ0v) is 11.1. The minimum atomic E-state index is 0.0439. The number of anilines is 1. The van der Waals surface area contributed by atoms with Gasteiger partial charge in [-0.3, -0.25) is 0 Å². The van der Waals surface area contributed by atoms with Crippen molar-refractivity contribution in [2.24, 2.45) is 0 Å². The fourth-order valence-electron chi connectivity index (χ4n) is 1.84. The zero-order chi connectivity index (χ0) is 13.4. The summed E-state index contributed by atoms with van der Waals surface area (Å²) in [5.41, 5.74) is 1.93. The maximum Gasteiger partial charge on any atom is 0.129 e. The lowest BCUT2D eigenvalue weighted by atomic mass is 10.1. The lowest BCUT2D eigenvalue weighted by Crippen LogP contribution is -2.24. The van der Waals surface area contributed by atoms with Gasteiger partial charge in [0.05, 0.1) is 6.61 Å². The third-order valence-electron chi connectivity index (χ3n) is 2.64. The lowest BCUT2D eigenvalue weighted by molar-refractivity contribution is 0.281. The molecule has 0 saturated heterocycles. The first kappa shape index (κ1) is 14.5. The van der Waals surface area contributed by atoms with Crippen LogP contribution in [-0.4, -0.2) is 23.2 Å². The molecule has 1 aromatic heterocycles. The molecule has 0 aliphatic heterocycles. The normalized spacial score (nSPS) is 10.1. The molecule has 98 valence electrons. The Morgan fingerprint density at radius 3 is 2.44 bits per heavy atom. The second kappa shape index (κ2) is 7.67. The Bertz CT molecular complexity index is 391. The van der Waals surface area contributed by atoms with Gasteiger partial charge in [0.1, 0.15) is 5.82 Å². The molecule has 0 aliphatic rings. The molecule has 18 heavy (non-hydrogen) atoms. The van der Waals surface area contributed by atoms with Crippen molar-refractivity contribution in [2.45, 2.75) is 26.4 Å². The van der Waals surface area contributed by atoms with Crippen LogP contribution in [0.2, 0.25) is 0 Å². The van der Waals surface area contributed by atoms with E-state index in [-0.39, 0.29) is 6.61 Å². The predicted molar refractivity (Wildman–Crippen MR) is 76.8 cm³/mol. The molecule has 0 unspecified atom stereocenters. The number of hydrogen-bond donors (Lipinski definition) is 1. The van der Waals surface area contributed by atoms with Gasteiger partial charge in [-0.05, 0) is 24.1 Å². The van der Waals surface area contributed by atoms with Gasteiger partial charge in [0.15, 0.2) is 0 Å². The number of hydrogen-bond acceptors (Lipinski definition) is 3. The molecule has 0 atom stereocenters. The average molecular weight is 246 g/mol. The van der Waals surface area contributed by atoms with E-state index in [1.807, 2.05) is 24.3 Å². The van der Waals surface area contributed by atoms with E-state index in [0.29, 0.717) is 0 Å². The highest BCUT2D eigenvalue weighted by Gasteiger charge is 2.08. The topological polar surface area (TPSA) is 36.4 Å². The first-order valence-corrected chi connectivity index (χ1v) is 6.32. The van der Waals surface area contributed by atoms with E-state index in [2.05, 4.69) is 30.0 Å². The van der Waals surface area contributed by atoms with Crippen molar-refractivity contribution >= 4 is 5.82 Å². The molecular formula is C15H22N2O. The number of aliphatic hydroxyl groups excluding tert-OH is 1. The van der Waals surface area contributed by atoms with Crippen LogP contribution in [0.4, 0.5) is 5.82 Å². The summed E-state index contributed by atoms with van der Waals surface area (Å²) in [4.78, 5) is 6.71. The van der Waals surface area contributed by atoms with Crippen molar-refractivity contribution in [1.29, 1.82) is 0 Å². The fourth-order valence-corrected chi connectivity index (χ4v) is 1.84. The molecule has 1 rings (SSSR count). The summed E-state index contributed by atoms with van der Waals surface area (Å²) in [5.74, 6) is 0.879. The first-order valence-electron chi connectivity index (χ1n) is 6.32. The number of aromatic nitrogens is 1. The van der Waals surface area contributed by atoms with Gasteiger partial charge in [-0.1, -0.05) is 25.5 Å². The molecule has 3 nitrogen and oxygen atoms in total.